The minimum absolute atomic E-state index is 0. The second-order valence-corrected chi connectivity index (χ2v) is 16.9. The van der Waals surface area contributed by atoms with Crippen LogP contribution >= 0.6 is 0 Å². The molecule has 0 spiro atoms. The average Bonchev–Trinajstić information content (AvgIpc) is 4.00. The summed E-state index contributed by atoms with van der Waals surface area (Å²) in [6, 6.07) is 29.2. The van der Waals surface area contributed by atoms with Crippen LogP contribution in [0, 0.1) is 58.1 Å². The van der Waals surface area contributed by atoms with Crippen LogP contribution in [0.2, 0.25) is 0 Å². The molecule has 0 saturated carbocycles. The summed E-state index contributed by atoms with van der Waals surface area (Å²) >= 11 is 0. The van der Waals surface area contributed by atoms with Gasteiger partial charge in [0.25, 0.3) is 0 Å². The summed E-state index contributed by atoms with van der Waals surface area (Å²) in [6.45, 7) is 21.0. The molecule has 61 heavy (non-hydrogen) atoms. The number of benzene rings is 2. The van der Waals surface area contributed by atoms with Crippen molar-refractivity contribution in [2.75, 3.05) is 22.9 Å². The van der Waals surface area contributed by atoms with Crippen LogP contribution in [0.3, 0.4) is 0 Å². The fraction of sp³-hybridized carbons (Fsp3) is 0.538. The van der Waals surface area contributed by atoms with E-state index in [0.29, 0.717) is 24.9 Å². The van der Waals surface area contributed by atoms with Crippen molar-refractivity contribution < 1.29 is 48.9 Å². The minimum Gasteiger partial charge on any atom is -0.363 e. The predicted molar refractivity (Wildman–Crippen MR) is 243 cm³/mol. The summed E-state index contributed by atoms with van der Waals surface area (Å²) in [6.07, 6.45) is 11.4. The summed E-state index contributed by atoms with van der Waals surface area (Å²) in [7, 11) is 0. The maximum absolute atomic E-state index is 14.4. The van der Waals surface area contributed by atoms with Gasteiger partial charge in [-0.2, -0.15) is 36.4 Å². The predicted octanol–water partition coefficient (Wildman–Crippen LogP) is 15.1. The van der Waals surface area contributed by atoms with Crippen LogP contribution in [0.15, 0.2) is 84.9 Å². The van der Waals surface area contributed by atoms with Gasteiger partial charge in [-0.1, -0.05) is 121 Å². The molecule has 4 aromatic rings. The first-order valence-electron chi connectivity index (χ1n) is 22.2. The van der Waals surface area contributed by atoms with E-state index in [9.17, 15) is 27.2 Å². The summed E-state index contributed by atoms with van der Waals surface area (Å²) in [5.74, 6) is -2.72. The second-order valence-electron chi connectivity index (χ2n) is 16.9. The molecule has 0 N–H and O–H groups in total. The Morgan fingerprint density at radius 3 is 1.13 bits per heavy atom. The second kappa shape index (κ2) is 31.4. The van der Waals surface area contributed by atoms with Gasteiger partial charge in [0.15, 0.2) is 0 Å². The molecule has 0 saturated heterocycles. The van der Waals surface area contributed by atoms with Crippen molar-refractivity contribution in [1.82, 2.24) is 0 Å². The number of unbranched alkanes of at least 4 members (excludes halogenated alkanes) is 2. The van der Waals surface area contributed by atoms with E-state index in [1.54, 1.807) is 0 Å². The zero-order valence-corrected chi connectivity index (χ0v) is 40.4. The first-order chi connectivity index (χ1) is 28.5. The van der Waals surface area contributed by atoms with E-state index in [1.807, 2.05) is 102 Å². The van der Waals surface area contributed by atoms with Gasteiger partial charge in [-0.15, -0.1) is 36.4 Å². The molecular formula is C52H74F4N2O2Ti. The molecular weight excluding hydrogens is 808 g/mol. The van der Waals surface area contributed by atoms with Crippen LogP contribution in [0.25, 0.3) is 0 Å². The Labute approximate surface area is 382 Å². The van der Waals surface area contributed by atoms with Crippen LogP contribution in [0.5, 0.6) is 0 Å². The van der Waals surface area contributed by atoms with Gasteiger partial charge in [-0.25, -0.2) is 41.8 Å². The molecule has 4 nitrogen and oxygen atoms in total. The van der Waals surface area contributed by atoms with E-state index < -0.39 is 34.1 Å². The molecule has 336 valence electrons. The number of hydrogen-bond acceptors (Lipinski definition) is 2. The molecule has 4 rings (SSSR count). The van der Waals surface area contributed by atoms with Gasteiger partial charge in [0.2, 0.25) is 11.8 Å². The van der Waals surface area contributed by atoms with E-state index in [2.05, 4.69) is 39.8 Å². The van der Waals surface area contributed by atoms with Gasteiger partial charge in [0.1, 0.15) is 0 Å². The topological polar surface area (TPSA) is 40.6 Å². The third kappa shape index (κ3) is 21.4. The fourth-order valence-corrected chi connectivity index (χ4v) is 7.06. The molecule has 0 aliphatic carbocycles. The standard InChI is InChI=1S/2C21H32F2NO.2C5H5.Ti/c2*1-6-9-10-16(8-3)15-24(20(25)21(4,5)13-7-2)19-12-11-17(22)14-18(19)23;2*1-2-4-5-3-1;/h2*11-12,16H,6-10,13,15H2,1-5H3;2*1-5H;/q4*-1;+4. The van der Waals surface area contributed by atoms with Gasteiger partial charge in [0.05, 0.1) is 0 Å². The number of carbonyl (C=O) groups excluding carboxylic acids is 2. The van der Waals surface area contributed by atoms with E-state index in [1.165, 1.54) is 34.1 Å². The molecule has 0 aromatic heterocycles. The number of halogens is 4. The van der Waals surface area contributed by atoms with Crippen molar-refractivity contribution in [3.05, 3.63) is 120 Å². The molecule has 2 amide bonds. The number of nitrogens with zero attached hydrogens (tertiary/aromatic N) is 2. The fourth-order valence-electron chi connectivity index (χ4n) is 7.06. The normalized spacial score (nSPS) is 11.9. The quantitative estimate of drug-likeness (QED) is 0.0504. The number of rotatable bonds is 20. The minimum atomic E-state index is -0.800. The summed E-state index contributed by atoms with van der Waals surface area (Å²) in [5.41, 5.74) is -0.909. The molecule has 9 heteroatoms. The van der Waals surface area contributed by atoms with Crippen molar-refractivity contribution in [1.29, 1.82) is 0 Å². The van der Waals surface area contributed by atoms with E-state index in [-0.39, 0.29) is 44.9 Å². The van der Waals surface area contributed by atoms with Gasteiger partial charge >= 0.3 is 21.7 Å². The first-order valence-corrected chi connectivity index (χ1v) is 22.2. The van der Waals surface area contributed by atoms with Crippen LogP contribution in [0.1, 0.15) is 146 Å². The molecule has 0 aliphatic rings. The Morgan fingerprint density at radius 2 is 0.902 bits per heavy atom. The molecule has 0 radical (unpaired) electrons. The SMILES string of the molecule is CCCCC(CC)CN(C(=O)C(C)(C)CCC)c1ccc(F)[c-]c1F.CCCCC(CC)CN(C(=O)C(C)(C)CCC)c1ccc(F)[c-]c1F.[Ti+4].c1cc[cH-]c1.c1cc[cH-]c1. The van der Waals surface area contributed by atoms with E-state index in [4.69, 9.17) is 0 Å². The molecule has 2 unspecified atom stereocenters. The first kappa shape index (κ1) is 57.5. The Bertz CT molecular complexity index is 1550. The largest absolute Gasteiger partial charge is 4.00 e. The van der Waals surface area contributed by atoms with Crippen molar-refractivity contribution in [2.24, 2.45) is 22.7 Å². The van der Waals surface area contributed by atoms with Crippen LogP contribution < -0.4 is 9.80 Å². The Morgan fingerprint density at radius 1 is 0.574 bits per heavy atom. The van der Waals surface area contributed by atoms with Crippen molar-refractivity contribution in [3.63, 3.8) is 0 Å². The van der Waals surface area contributed by atoms with Gasteiger partial charge in [0, 0.05) is 47.2 Å². The summed E-state index contributed by atoms with van der Waals surface area (Å²) in [5, 5.41) is 0. The summed E-state index contributed by atoms with van der Waals surface area (Å²) in [4.78, 5) is 29.4. The number of amides is 2. The molecule has 0 heterocycles. The number of hydrogen-bond donors (Lipinski definition) is 0. The van der Waals surface area contributed by atoms with Crippen molar-refractivity contribution in [2.45, 2.75) is 146 Å². The smallest absolute Gasteiger partial charge is 0.363 e. The van der Waals surface area contributed by atoms with Crippen LogP contribution in [-0.4, -0.2) is 24.9 Å². The maximum Gasteiger partial charge on any atom is 4.00 e. The zero-order valence-electron chi connectivity index (χ0n) is 38.9. The Kier molecular flexibility index (Phi) is 29.6. The van der Waals surface area contributed by atoms with Crippen LogP contribution in [0.4, 0.5) is 28.9 Å². The van der Waals surface area contributed by atoms with Crippen molar-refractivity contribution in [3.8, 4) is 0 Å². The molecule has 0 bridgehead atoms. The summed E-state index contributed by atoms with van der Waals surface area (Å²) < 4.78 is 55.2. The number of anilines is 2. The third-order valence-corrected chi connectivity index (χ3v) is 10.7. The van der Waals surface area contributed by atoms with Gasteiger partial charge in [-0.05, 0) is 48.9 Å². The van der Waals surface area contributed by atoms with Crippen molar-refractivity contribution >= 4 is 23.2 Å². The average molecular weight is 883 g/mol. The van der Waals surface area contributed by atoms with Gasteiger partial charge < -0.3 is 9.80 Å². The van der Waals surface area contributed by atoms with E-state index >= 15 is 0 Å². The maximum atomic E-state index is 14.4. The molecule has 0 fully saturated rings. The monoisotopic (exact) mass is 883 g/mol. The Balaban J connectivity index is 0.000000940. The third-order valence-electron chi connectivity index (χ3n) is 10.7. The Hall–Kier alpha value is -3.49. The zero-order chi connectivity index (χ0) is 45.1. The molecule has 4 aromatic carbocycles. The molecule has 0 aliphatic heterocycles. The van der Waals surface area contributed by atoms with E-state index in [0.717, 1.165) is 77.0 Å². The van der Waals surface area contributed by atoms with Crippen LogP contribution in [-0.2, 0) is 31.3 Å². The molecule has 2 atom stereocenters. The number of carbonyl (C=O) groups is 2. The van der Waals surface area contributed by atoms with Gasteiger partial charge in [-0.3, -0.25) is 9.59 Å².